The zero-order chi connectivity index (χ0) is 23.8. The van der Waals surface area contributed by atoms with Gasteiger partial charge in [0, 0.05) is 44.4 Å². The Hall–Kier alpha value is -3.04. The number of nitrogens with one attached hydrogen (secondary N) is 1. The number of aryl methyl sites for hydroxylation is 1. The van der Waals surface area contributed by atoms with E-state index in [0.717, 1.165) is 16.8 Å². The van der Waals surface area contributed by atoms with Gasteiger partial charge in [-0.15, -0.1) is 0 Å². The van der Waals surface area contributed by atoms with Gasteiger partial charge in [-0.1, -0.05) is 38.1 Å². The third-order valence-electron chi connectivity index (χ3n) is 5.97. The van der Waals surface area contributed by atoms with Crippen LogP contribution in [0.3, 0.4) is 0 Å². The average Bonchev–Trinajstić information content (AvgIpc) is 3.14. The maximum Gasteiger partial charge on any atom is 0.272 e. The van der Waals surface area contributed by atoms with Crippen molar-refractivity contribution in [3.63, 3.8) is 0 Å². The van der Waals surface area contributed by atoms with Crippen molar-refractivity contribution in [2.75, 3.05) is 6.54 Å². The Labute approximate surface area is 193 Å². The summed E-state index contributed by atoms with van der Waals surface area (Å²) in [5.41, 5.74) is 3.50. The van der Waals surface area contributed by atoms with Crippen molar-refractivity contribution in [3.8, 4) is 0 Å². The summed E-state index contributed by atoms with van der Waals surface area (Å²) < 4.78 is 42.7. The summed E-state index contributed by atoms with van der Waals surface area (Å²) in [5.74, 6) is -0.425. The van der Waals surface area contributed by atoms with Gasteiger partial charge in [0.2, 0.25) is 10.0 Å². The summed E-state index contributed by atoms with van der Waals surface area (Å²) in [6, 6.07) is 12.8. The standard InChI is InChI=1S/C24H27FN4O3S/c1-16(2)18-6-10-20(11-7-18)33(31,32)29-13-12-22-21(15-29)23(27-28(22)3)24(30)26-14-17-4-8-19(25)9-5-17/h4-11,16H,12-15H2,1-3H3,(H,26,30). The third-order valence-corrected chi connectivity index (χ3v) is 7.83. The Kier molecular flexibility index (Phi) is 6.36. The molecule has 1 aliphatic heterocycles. The smallest absolute Gasteiger partial charge is 0.272 e. The lowest BCUT2D eigenvalue weighted by Gasteiger charge is -2.27. The van der Waals surface area contributed by atoms with Crippen LogP contribution in [0.1, 0.15) is 52.6 Å². The Morgan fingerprint density at radius 3 is 2.42 bits per heavy atom. The molecule has 0 saturated carbocycles. The monoisotopic (exact) mass is 470 g/mol. The number of hydrogen-bond acceptors (Lipinski definition) is 4. The van der Waals surface area contributed by atoms with Gasteiger partial charge in [0.15, 0.2) is 5.69 Å². The number of carbonyl (C=O) groups is 1. The minimum absolute atomic E-state index is 0.0801. The van der Waals surface area contributed by atoms with E-state index in [0.29, 0.717) is 24.4 Å². The Morgan fingerprint density at radius 1 is 1.12 bits per heavy atom. The van der Waals surface area contributed by atoms with Gasteiger partial charge in [0.25, 0.3) is 5.91 Å². The first-order valence-electron chi connectivity index (χ1n) is 10.8. The van der Waals surface area contributed by atoms with Crippen LogP contribution in [0.5, 0.6) is 0 Å². The van der Waals surface area contributed by atoms with Gasteiger partial charge in [-0.25, -0.2) is 12.8 Å². The van der Waals surface area contributed by atoms with Crippen molar-refractivity contribution in [2.45, 2.75) is 44.2 Å². The minimum atomic E-state index is -3.71. The minimum Gasteiger partial charge on any atom is -0.347 e. The second-order valence-corrected chi connectivity index (χ2v) is 10.5. The molecule has 1 N–H and O–H groups in total. The third kappa shape index (κ3) is 4.69. The summed E-state index contributed by atoms with van der Waals surface area (Å²) in [4.78, 5) is 13.1. The van der Waals surface area contributed by atoms with Crippen LogP contribution < -0.4 is 5.32 Å². The first-order valence-corrected chi connectivity index (χ1v) is 12.3. The van der Waals surface area contributed by atoms with Gasteiger partial charge >= 0.3 is 0 Å². The van der Waals surface area contributed by atoms with Crippen molar-refractivity contribution in [2.24, 2.45) is 7.05 Å². The molecule has 0 fully saturated rings. The van der Waals surface area contributed by atoms with E-state index in [1.165, 1.54) is 16.4 Å². The molecule has 4 rings (SSSR count). The fourth-order valence-electron chi connectivity index (χ4n) is 4.00. The Morgan fingerprint density at radius 2 is 1.79 bits per heavy atom. The van der Waals surface area contributed by atoms with Crippen molar-refractivity contribution in [3.05, 3.63) is 82.4 Å². The number of fused-ring (bicyclic) bond motifs is 1. The highest BCUT2D eigenvalue weighted by atomic mass is 32.2. The van der Waals surface area contributed by atoms with Crippen LogP contribution in [-0.4, -0.2) is 35.0 Å². The van der Waals surface area contributed by atoms with E-state index in [1.54, 1.807) is 36.0 Å². The van der Waals surface area contributed by atoms with E-state index in [4.69, 9.17) is 0 Å². The molecule has 7 nitrogen and oxygen atoms in total. The highest BCUT2D eigenvalue weighted by Gasteiger charge is 2.33. The molecule has 0 unspecified atom stereocenters. The van der Waals surface area contributed by atoms with Gasteiger partial charge in [-0.3, -0.25) is 9.48 Å². The zero-order valence-electron chi connectivity index (χ0n) is 18.9. The topological polar surface area (TPSA) is 84.3 Å². The molecule has 0 aliphatic carbocycles. The normalized spacial score (nSPS) is 14.3. The molecule has 1 aliphatic rings. The molecule has 0 atom stereocenters. The van der Waals surface area contributed by atoms with Crippen molar-refractivity contribution >= 4 is 15.9 Å². The molecule has 9 heteroatoms. The molecule has 0 spiro atoms. The first-order chi connectivity index (χ1) is 15.7. The van der Waals surface area contributed by atoms with Crippen LogP contribution in [-0.2, 0) is 36.6 Å². The van der Waals surface area contributed by atoms with E-state index < -0.39 is 15.9 Å². The second kappa shape index (κ2) is 9.07. The number of rotatable bonds is 6. The average molecular weight is 471 g/mol. The van der Waals surface area contributed by atoms with Gasteiger partial charge in [-0.05, 0) is 41.3 Å². The van der Waals surface area contributed by atoms with E-state index >= 15 is 0 Å². The van der Waals surface area contributed by atoms with Crippen LogP contribution in [0.4, 0.5) is 4.39 Å². The SMILES string of the molecule is CC(C)c1ccc(S(=O)(=O)N2CCc3c(c(C(=O)NCc4ccc(F)cc4)nn3C)C2)cc1. The maximum atomic E-state index is 13.3. The molecule has 33 heavy (non-hydrogen) atoms. The highest BCUT2D eigenvalue weighted by molar-refractivity contribution is 7.89. The lowest BCUT2D eigenvalue weighted by molar-refractivity contribution is 0.0943. The highest BCUT2D eigenvalue weighted by Crippen LogP contribution is 2.28. The Bertz CT molecular complexity index is 1270. The molecule has 174 valence electrons. The van der Waals surface area contributed by atoms with Crippen LogP contribution in [0.2, 0.25) is 0 Å². The van der Waals surface area contributed by atoms with Crippen LogP contribution in [0.25, 0.3) is 0 Å². The molecule has 2 aromatic carbocycles. The van der Waals surface area contributed by atoms with Gasteiger partial charge in [0.05, 0.1) is 4.90 Å². The predicted molar refractivity (Wildman–Crippen MR) is 123 cm³/mol. The van der Waals surface area contributed by atoms with Crippen molar-refractivity contribution in [1.82, 2.24) is 19.4 Å². The number of benzene rings is 2. The summed E-state index contributed by atoms with van der Waals surface area (Å²) in [6.45, 7) is 4.73. The zero-order valence-corrected chi connectivity index (χ0v) is 19.7. The number of aromatic nitrogens is 2. The Balaban J connectivity index is 1.54. The number of hydrogen-bond donors (Lipinski definition) is 1. The number of halogens is 1. The molecular weight excluding hydrogens is 443 g/mol. The fourth-order valence-corrected chi connectivity index (χ4v) is 5.41. The molecule has 1 aromatic heterocycles. The van der Waals surface area contributed by atoms with Crippen LogP contribution in [0, 0.1) is 5.82 Å². The van der Waals surface area contributed by atoms with E-state index in [2.05, 4.69) is 24.3 Å². The lowest BCUT2D eigenvalue weighted by Crippen LogP contribution is -2.37. The molecule has 3 aromatic rings. The molecular formula is C24H27FN4O3S. The van der Waals surface area contributed by atoms with Crippen LogP contribution in [0.15, 0.2) is 53.4 Å². The van der Waals surface area contributed by atoms with E-state index in [1.807, 2.05) is 12.1 Å². The van der Waals surface area contributed by atoms with Crippen molar-refractivity contribution < 1.29 is 17.6 Å². The van der Waals surface area contributed by atoms with E-state index in [-0.39, 0.29) is 29.5 Å². The summed E-state index contributed by atoms with van der Waals surface area (Å²) in [7, 11) is -1.96. The number of nitrogens with zero attached hydrogens (tertiary/aromatic N) is 3. The van der Waals surface area contributed by atoms with Gasteiger partial charge in [0.1, 0.15) is 5.82 Å². The molecule has 0 saturated heterocycles. The second-order valence-electron chi connectivity index (χ2n) is 8.52. The number of sulfonamides is 1. The first kappa shape index (κ1) is 23.1. The summed E-state index contributed by atoms with van der Waals surface area (Å²) in [6.07, 6.45) is 0.466. The molecule has 2 heterocycles. The maximum absolute atomic E-state index is 13.3. The lowest BCUT2D eigenvalue weighted by atomic mass is 10.0. The molecule has 1 amide bonds. The summed E-state index contributed by atoms with van der Waals surface area (Å²) >= 11 is 0. The van der Waals surface area contributed by atoms with Gasteiger partial charge in [-0.2, -0.15) is 9.40 Å². The van der Waals surface area contributed by atoms with E-state index in [9.17, 15) is 17.6 Å². The van der Waals surface area contributed by atoms with Gasteiger partial charge < -0.3 is 5.32 Å². The largest absolute Gasteiger partial charge is 0.347 e. The molecule has 0 bridgehead atoms. The summed E-state index contributed by atoms with van der Waals surface area (Å²) in [5, 5.41) is 7.16. The fraction of sp³-hybridized carbons (Fsp3) is 0.333. The number of amides is 1. The number of carbonyl (C=O) groups excluding carboxylic acids is 1. The van der Waals surface area contributed by atoms with Crippen LogP contribution >= 0.6 is 0 Å². The van der Waals surface area contributed by atoms with Crippen molar-refractivity contribution in [1.29, 1.82) is 0 Å². The molecule has 0 radical (unpaired) electrons. The quantitative estimate of drug-likeness (QED) is 0.599. The predicted octanol–water partition coefficient (Wildman–Crippen LogP) is 3.36.